The summed E-state index contributed by atoms with van der Waals surface area (Å²) < 4.78 is 5.15. The average molecular weight is 370 g/mol. The van der Waals surface area contributed by atoms with Crippen LogP contribution in [0.25, 0.3) is 10.9 Å². The summed E-state index contributed by atoms with van der Waals surface area (Å²) in [6.07, 6.45) is 4.11. The van der Waals surface area contributed by atoms with Crippen molar-refractivity contribution in [1.82, 2.24) is 9.88 Å². The molecule has 1 fully saturated rings. The molecule has 0 saturated carbocycles. The second kappa shape index (κ2) is 8.72. The third-order valence-electron chi connectivity index (χ3n) is 5.62. The second-order valence-electron chi connectivity index (χ2n) is 7.27. The van der Waals surface area contributed by atoms with Crippen LogP contribution in [0.3, 0.4) is 0 Å². The van der Waals surface area contributed by atoms with Crippen LogP contribution in [0.4, 0.5) is 0 Å². The first-order valence-corrected chi connectivity index (χ1v) is 9.86. The molecule has 1 aliphatic rings. The summed E-state index contributed by atoms with van der Waals surface area (Å²) >= 11 is 0. The molecule has 1 aliphatic heterocycles. The number of nitrogens with one attached hydrogen (secondary N) is 1. The van der Waals surface area contributed by atoms with Crippen LogP contribution in [0.1, 0.15) is 44.0 Å². The first-order valence-electron chi connectivity index (χ1n) is 9.86. The summed E-state index contributed by atoms with van der Waals surface area (Å²) in [5.41, 5.74) is 4.58. The Bertz CT molecular complexity index is 824. The predicted octanol–water partition coefficient (Wildman–Crippen LogP) is 3.60. The van der Waals surface area contributed by atoms with Crippen molar-refractivity contribution in [3.8, 4) is 0 Å². The molecule has 3 rings (SSSR count). The van der Waals surface area contributed by atoms with E-state index >= 15 is 0 Å². The number of rotatable bonds is 6. The molecular formula is C22H30N2O3. The van der Waals surface area contributed by atoms with Crippen molar-refractivity contribution in [3.63, 3.8) is 0 Å². The van der Waals surface area contributed by atoms with Crippen LogP contribution < -0.4 is 0 Å². The number of esters is 1. The number of nitrogens with zero attached hydrogens (tertiary/aromatic N) is 1. The minimum absolute atomic E-state index is 0.119. The largest absolute Gasteiger partial charge is 0.463 e. The number of aliphatic hydroxyl groups excluding tert-OH is 1. The Hall–Kier alpha value is -2.11. The van der Waals surface area contributed by atoms with Gasteiger partial charge < -0.3 is 14.8 Å². The van der Waals surface area contributed by atoms with E-state index in [1.54, 1.807) is 6.08 Å². The molecule has 146 valence electrons. The van der Waals surface area contributed by atoms with E-state index in [0.29, 0.717) is 18.9 Å². The van der Waals surface area contributed by atoms with Crippen LogP contribution in [0, 0.1) is 5.92 Å². The van der Waals surface area contributed by atoms with Gasteiger partial charge in [0.15, 0.2) is 0 Å². The lowest BCUT2D eigenvalue weighted by molar-refractivity contribution is -0.137. The van der Waals surface area contributed by atoms with Gasteiger partial charge in [0.25, 0.3) is 0 Å². The van der Waals surface area contributed by atoms with Crippen molar-refractivity contribution in [2.75, 3.05) is 26.8 Å². The SMILES string of the molecule is CCOC(=O)/C=C1\C[C@@H](c2[nH]c3ccccc3c2CCO)N(C)C[C@@H]1CC. The first-order chi connectivity index (χ1) is 13.1. The van der Waals surface area contributed by atoms with Gasteiger partial charge in [-0.15, -0.1) is 0 Å². The minimum Gasteiger partial charge on any atom is -0.463 e. The Labute approximate surface area is 161 Å². The normalized spacial score (nSPS) is 22.4. The average Bonchev–Trinajstić information content (AvgIpc) is 3.02. The lowest BCUT2D eigenvalue weighted by atomic mass is 9.83. The van der Waals surface area contributed by atoms with E-state index in [1.807, 2.05) is 19.1 Å². The lowest BCUT2D eigenvalue weighted by Gasteiger charge is -2.39. The number of piperidine rings is 1. The fourth-order valence-electron chi connectivity index (χ4n) is 4.25. The highest BCUT2D eigenvalue weighted by Crippen LogP contribution is 2.39. The molecule has 27 heavy (non-hydrogen) atoms. The Morgan fingerprint density at radius 1 is 1.37 bits per heavy atom. The van der Waals surface area contributed by atoms with Gasteiger partial charge in [-0.05, 0) is 50.8 Å². The maximum Gasteiger partial charge on any atom is 0.330 e. The van der Waals surface area contributed by atoms with E-state index in [4.69, 9.17) is 4.74 Å². The number of hydrogen-bond donors (Lipinski definition) is 2. The number of ether oxygens (including phenoxy) is 1. The number of carbonyl (C=O) groups excluding carboxylic acids is 1. The fraction of sp³-hybridized carbons (Fsp3) is 0.500. The summed E-state index contributed by atoms with van der Waals surface area (Å²) in [7, 11) is 2.14. The molecule has 2 heterocycles. The van der Waals surface area contributed by atoms with Crippen LogP contribution in [0.2, 0.25) is 0 Å². The number of aromatic nitrogens is 1. The molecule has 0 radical (unpaired) electrons. The minimum atomic E-state index is -0.249. The summed E-state index contributed by atoms with van der Waals surface area (Å²) in [5, 5.41) is 10.8. The first kappa shape index (κ1) is 19.6. The zero-order chi connectivity index (χ0) is 19.4. The van der Waals surface area contributed by atoms with Crippen molar-refractivity contribution in [1.29, 1.82) is 0 Å². The van der Waals surface area contributed by atoms with Gasteiger partial charge in [-0.2, -0.15) is 0 Å². The number of benzene rings is 1. The van der Waals surface area contributed by atoms with Crippen molar-refractivity contribution in [2.45, 2.75) is 39.2 Å². The molecule has 5 heteroatoms. The van der Waals surface area contributed by atoms with Gasteiger partial charge in [0, 0.05) is 35.8 Å². The van der Waals surface area contributed by atoms with Gasteiger partial charge in [0.1, 0.15) is 0 Å². The van der Waals surface area contributed by atoms with Crippen molar-refractivity contribution < 1.29 is 14.6 Å². The summed E-state index contributed by atoms with van der Waals surface area (Å²) in [4.78, 5) is 18.0. The maximum absolute atomic E-state index is 12.1. The van der Waals surface area contributed by atoms with Crippen LogP contribution in [-0.4, -0.2) is 47.8 Å². The van der Waals surface area contributed by atoms with Crippen molar-refractivity contribution >= 4 is 16.9 Å². The van der Waals surface area contributed by atoms with Crippen molar-refractivity contribution in [2.24, 2.45) is 5.92 Å². The molecule has 1 saturated heterocycles. The van der Waals surface area contributed by atoms with Gasteiger partial charge in [-0.3, -0.25) is 4.90 Å². The molecule has 0 unspecified atom stereocenters. The highest BCUT2D eigenvalue weighted by molar-refractivity contribution is 5.85. The predicted molar refractivity (Wildman–Crippen MR) is 108 cm³/mol. The van der Waals surface area contributed by atoms with Gasteiger partial charge in [-0.1, -0.05) is 30.7 Å². The topological polar surface area (TPSA) is 65.6 Å². The highest BCUT2D eigenvalue weighted by Gasteiger charge is 2.32. The van der Waals surface area contributed by atoms with E-state index < -0.39 is 0 Å². The third-order valence-corrected chi connectivity index (χ3v) is 5.62. The summed E-state index contributed by atoms with van der Waals surface area (Å²) in [5.74, 6) is 0.114. The Balaban J connectivity index is 1.99. The zero-order valence-corrected chi connectivity index (χ0v) is 16.5. The zero-order valence-electron chi connectivity index (χ0n) is 16.5. The maximum atomic E-state index is 12.1. The molecule has 2 aromatic rings. The molecule has 1 aromatic heterocycles. The van der Waals surface area contributed by atoms with Gasteiger partial charge in [0.05, 0.1) is 12.6 Å². The molecule has 2 N–H and O–H groups in total. The van der Waals surface area contributed by atoms with Crippen LogP contribution in [-0.2, 0) is 16.0 Å². The number of H-pyrrole nitrogens is 1. The van der Waals surface area contributed by atoms with Crippen LogP contribution >= 0.6 is 0 Å². The fourth-order valence-corrected chi connectivity index (χ4v) is 4.25. The smallest absolute Gasteiger partial charge is 0.330 e. The molecule has 0 spiro atoms. The highest BCUT2D eigenvalue weighted by atomic mass is 16.5. The lowest BCUT2D eigenvalue weighted by Crippen LogP contribution is -2.37. The number of aliphatic hydroxyl groups is 1. The van der Waals surface area contributed by atoms with E-state index in [2.05, 4.69) is 36.0 Å². The molecule has 2 atom stereocenters. The van der Waals surface area contributed by atoms with Crippen LogP contribution in [0.5, 0.6) is 0 Å². The van der Waals surface area contributed by atoms with Gasteiger partial charge in [0.2, 0.25) is 0 Å². The number of likely N-dealkylation sites (tertiary alicyclic amines) is 1. The molecule has 0 bridgehead atoms. The molecule has 0 amide bonds. The standard InChI is InChI=1S/C22H30N2O3/c1-4-15-14-24(3)20(12-16(15)13-21(26)27-5-2)22-18(10-11-25)17-8-6-7-9-19(17)23-22/h6-9,13,15,20,23,25H,4-5,10-12,14H2,1-3H3/b16-13+/t15-,20-/m0/s1. The van der Waals surface area contributed by atoms with E-state index in [9.17, 15) is 9.90 Å². The number of hydrogen-bond acceptors (Lipinski definition) is 4. The number of fused-ring (bicyclic) bond motifs is 1. The Morgan fingerprint density at radius 2 is 2.15 bits per heavy atom. The monoisotopic (exact) mass is 370 g/mol. The summed E-state index contributed by atoms with van der Waals surface area (Å²) in [6, 6.07) is 8.39. The third kappa shape index (κ3) is 4.09. The number of para-hydroxylation sites is 1. The molecule has 1 aromatic carbocycles. The van der Waals surface area contributed by atoms with Gasteiger partial charge in [-0.25, -0.2) is 4.79 Å². The second-order valence-corrected chi connectivity index (χ2v) is 7.27. The van der Waals surface area contributed by atoms with Crippen LogP contribution in [0.15, 0.2) is 35.9 Å². The Kier molecular flexibility index (Phi) is 6.34. The Morgan fingerprint density at radius 3 is 2.85 bits per heavy atom. The molecular weight excluding hydrogens is 340 g/mol. The van der Waals surface area contributed by atoms with Gasteiger partial charge >= 0.3 is 5.97 Å². The number of carbonyl (C=O) groups is 1. The van der Waals surface area contributed by atoms with E-state index in [0.717, 1.165) is 36.2 Å². The summed E-state index contributed by atoms with van der Waals surface area (Å²) in [6.45, 7) is 5.41. The van der Waals surface area contributed by atoms with E-state index in [-0.39, 0.29) is 18.6 Å². The molecule has 0 aliphatic carbocycles. The van der Waals surface area contributed by atoms with E-state index in [1.165, 1.54) is 10.9 Å². The number of aromatic amines is 1. The van der Waals surface area contributed by atoms with Crippen molar-refractivity contribution in [3.05, 3.63) is 47.2 Å². The molecule has 5 nitrogen and oxygen atoms in total. The quantitative estimate of drug-likeness (QED) is 0.602.